The Morgan fingerprint density at radius 1 is 1.08 bits per heavy atom. The van der Waals surface area contributed by atoms with Gasteiger partial charge in [-0.1, -0.05) is 0 Å². The third-order valence-corrected chi connectivity index (χ3v) is 4.22. The van der Waals surface area contributed by atoms with Gasteiger partial charge in [-0.15, -0.1) is 0 Å². The number of fused-ring (bicyclic) bond motifs is 1. The summed E-state index contributed by atoms with van der Waals surface area (Å²) in [5.74, 6) is 1.79. The van der Waals surface area contributed by atoms with Crippen molar-refractivity contribution >= 4 is 28.7 Å². The van der Waals surface area contributed by atoms with Crippen LogP contribution in [0.15, 0.2) is 36.8 Å². The lowest BCUT2D eigenvalue weighted by atomic mass is 10.2. The molecule has 1 aliphatic heterocycles. The molecule has 0 aliphatic carbocycles. The van der Waals surface area contributed by atoms with Gasteiger partial charge in [0.15, 0.2) is 5.65 Å². The predicted molar refractivity (Wildman–Crippen MR) is 94.2 cm³/mol. The third-order valence-electron chi connectivity index (χ3n) is 4.22. The van der Waals surface area contributed by atoms with Gasteiger partial charge in [-0.3, -0.25) is 4.98 Å². The van der Waals surface area contributed by atoms with Crippen molar-refractivity contribution in [2.75, 3.05) is 36.1 Å². The first kappa shape index (κ1) is 15.5. The quantitative estimate of drug-likeness (QED) is 0.709. The maximum Gasteiger partial charge on any atom is 0.221 e. The van der Waals surface area contributed by atoms with Crippen LogP contribution in [-0.2, 0) is 4.74 Å². The number of nitrogens with zero attached hydrogens (tertiary/aromatic N) is 6. The molecule has 1 aliphatic rings. The minimum absolute atomic E-state index is 0.00413. The molecule has 4 heterocycles. The van der Waals surface area contributed by atoms with E-state index in [2.05, 4.69) is 35.1 Å². The van der Waals surface area contributed by atoms with Gasteiger partial charge < -0.3 is 20.7 Å². The zero-order chi connectivity index (χ0) is 17.2. The number of methoxy groups -OCH3 is 1. The molecule has 3 aromatic rings. The number of hydrogen-bond acceptors (Lipinski definition) is 9. The molecule has 9 heteroatoms. The number of anilines is 3. The van der Waals surface area contributed by atoms with Crippen LogP contribution in [0.5, 0.6) is 0 Å². The van der Waals surface area contributed by atoms with Crippen LogP contribution in [0, 0.1) is 0 Å². The number of rotatable bonds is 4. The Kier molecular flexibility index (Phi) is 3.98. The van der Waals surface area contributed by atoms with Crippen molar-refractivity contribution in [1.82, 2.24) is 24.9 Å². The molecule has 0 aromatic carbocycles. The zero-order valence-electron chi connectivity index (χ0n) is 13.7. The number of aromatic nitrogens is 5. The molecule has 25 heavy (non-hydrogen) atoms. The van der Waals surface area contributed by atoms with Gasteiger partial charge in [-0.2, -0.15) is 4.98 Å². The van der Waals surface area contributed by atoms with Crippen LogP contribution in [0.1, 0.15) is 0 Å². The molecule has 0 radical (unpaired) electrons. The monoisotopic (exact) mass is 338 g/mol. The number of hydrogen-bond donors (Lipinski definition) is 2. The molecule has 3 aromatic heterocycles. The van der Waals surface area contributed by atoms with Crippen molar-refractivity contribution in [3.05, 3.63) is 36.8 Å². The van der Waals surface area contributed by atoms with E-state index in [1.54, 1.807) is 25.7 Å². The van der Waals surface area contributed by atoms with Crippen LogP contribution >= 0.6 is 0 Å². The highest BCUT2D eigenvalue weighted by Crippen LogP contribution is 2.23. The molecular formula is C16H18N8O. The van der Waals surface area contributed by atoms with E-state index in [-0.39, 0.29) is 18.1 Å². The molecule has 0 saturated carbocycles. The van der Waals surface area contributed by atoms with Gasteiger partial charge in [0.1, 0.15) is 17.2 Å². The van der Waals surface area contributed by atoms with E-state index >= 15 is 0 Å². The molecule has 4 rings (SSSR count). The first-order chi connectivity index (χ1) is 12.2. The van der Waals surface area contributed by atoms with Crippen molar-refractivity contribution in [3.63, 3.8) is 0 Å². The van der Waals surface area contributed by atoms with Crippen molar-refractivity contribution < 1.29 is 4.74 Å². The smallest absolute Gasteiger partial charge is 0.221 e. The Labute approximate surface area is 144 Å². The summed E-state index contributed by atoms with van der Waals surface area (Å²) in [7, 11) is 1.70. The van der Waals surface area contributed by atoms with Gasteiger partial charge >= 0.3 is 0 Å². The standard InChI is InChI=1S/C16H18N8O/c1-25-12-9-24(14-4-5-20-16(17)23-14)8-11(12)21-13-3-2-10-15(22-13)19-7-6-18-10/h2-7,11-12H,8-9H2,1H3,(H2,17,20,23)(H,19,21,22)/t11-,12+/m0/s1. The summed E-state index contributed by atoms with van der Waals surface area (Å²) in [6.07, 6.45) is 4.94. The summed E-state index contributed by atoms with van der Waals surface area (Å²) >= 11 is 0. The highest BCUT2D eigenvalue weighted by atomic mass is 16.5. The van der Waals surface area contributed by atoms with Crippen LogP contribution in [0.3, 0.4) is 0 Å². The minimum Gasteiger partial charge on any atom is -0.377 e. The van der Waals surface area contributed by atoms with Gasteiger partial charge in [-0.25, -0.2) is 15.0 Å². The summed E-state index contributed by atoms with van der Waals surface area (Å²) in [6, 6.07) is 5.70. The fourth-order valence-corrected chi connectivity index (χ4v) is 3.00. The predicted octanol–water partition coefficient (Wildman–Crippen LogP) is 0.713. The molecule has 2 atom stereocenters. The minimum atomic E-state index is -0.00413. The van der Waals surface area contributed by atoms with Crippen molar-refractivity contribution in [2.45, 2.75) is 12.1 Å². The maximum atomic E-state index is 5.69. The number of nitrogens with one attached hydrogen (secondary N) is 1. The largest absolute Gasteiger partial charge is 0.377 e. The molecular weight excluding hydrogens is 320 g/mol. The first-order valence-corrected chi connectivity index (χ1v) is 7.93. The molecule has 0 amide bonds. The summed E-state index contributed by atoms with van der Waals surface area (Å²) in [5.41, 5.74) is 7.06. The van der Waals surface area contributed by atoms with Crippen LogP contribution in [0.4, 0.5) is 17.6 Å². The molecule has 9 nitrogen and oxygen atoms in total. The molecule has 1 fully saturated rings. The Morgan fingerprint density at radius 3 is 2.80 bits per heavy atom. The number of pyridine rings is 1. The highest BCUT2D eigenvalue weighted by Gasteiger charge is 2.34. The average Bonchev–Trinajstić information content (AvgIpc) is 3.04. The van der Waals surface area contributed by atoms with Crippen LogP contribution < -0.4 is 16.0 Å². The summed E-state index contributed by atoms with van der Waals surface area (Å²) in [5, 5.41) is 3.43. The second-order valence-corrected chi connectivity index (χ2v) is 5.80. The van der Waals surface area contributed by atoms with E-state index in [4.69, 9.17) is 10.5 Å². The first-order valence-electron chi connectivity index (χ1n) is 7.93. The summed E-state index contributed by atoms with van der Waals surface area (Å²) < 4.78 is 5.63. The van der Waals surface area contributed by atoms with Crippen LogP contribution in [0.2, 0.25) is 0 Å². The van der Waals surface area contributed by atoms with E-state index in [0.717, 1.165) is 23.7 Å². The Bertz CT molecular complexity index is 889. The van der Waals surface area contributed by atoms with Crippen molar-refractivity contribution in [2.24, 2.45) is 0 Å². The lowest BCUT2D eigenvalue weighted by Crippen LogP contribution is -2.33. The lowest BCUT2D eigenvalue weighted by Gasteiger charge is -2.19. The zero-order valence-corrected chi connectivity index (χ0v) is 13.7. The van der Waals surface area contributed by atoms with Gasteiger partial charge in [0, 0.05) is 38.8 Å². The highest BCUT2D eigenvalue weighted by molar-refractivity contribution is 5.71. The molecule has 0 spiro atoms. The molecule has 128 valence electrons. The number of nitrogen functional groups attached to an aromatic ring is 1. The summed E-state index contributed by atoms with van der Waals surface area (Å²) in [4.78, 5) is 23.3. The maximum absolute atomic E-state index is 5.69. The van der Waals surface area contributed by atoms with Crippen molar-refractivity contribution in [3.8, 4) is 0 Å². The van der Waals surface area contributed by atoms with Gasteiger partial charge in [0.25, 0.3) is 0 Å². The van der Waals surface area contributed by atoms with Crippen LogP contribution in [0.25, 0.3) is 11.2 Å². The van der Waals surface area contributed by atoms with E-state index in [9.17, 15) is 0 Å². The third kappa shape index (κ3) is 3.13. The SMILES string of the molecule is CO[C@@H]1CN(c2ccnc(N)n2)C[C@@H]1Nc1ccc2nccnc2n1. The van der Waals surface area contributed by atoms with E-state index in [0.29, 0.717) is 12.2 Å². The molecule has 1 saturated heterocycles. The Balaban J connectivity index is 1.54. The normalized spacial score (nSPS) is 20.1. The molecule has 0 bridgehead atoms. The second-order valence-electron chi connectivity index (χ2n) is 5.80. The van der Waals surface area contributed by atoms with E-state index in [1.165, 1.54) is 0 Å². The molecule has 0 unspecified atom stereocenters. The van der Waals surface area contributed by atoms with Gasteiger partial charge in [0.2, 0.25) is 5.95 Å². The number of nitrogens with two attached hydrogens (primary N) is 1. The van der Waals surface area contributed by atoms with Gasteiger partial charge in [0.05, 0.1) is 12.1 Å². The van der Waals surface area contributed by atoms with E-state index in [1.807, 2.05) is 18.2 Å². The van der Waals surface area contributed by atoms with Crippen LogP contribution in [-0.4, -0.2) is 57.3 Å². The summed E-state index contributed by atoms with van der Waals surface area (Å²) in [6.45, 7) is 1.42. The topological polar surface area (TPSA) is 115 Å². The fourth-order valence-electron chi connectivity index (χ4n) is 3.00. The Morgan fingerprint density at radius 2 is 1.96 bits per heavy atom. The lowest BCUT2D eigenvalue weighted by molar-refractivity contribution is 0.113. The van der Waals surface area contributed by atoms with Crippen molar-refractivity contribution in [1.29, 1.82) is 0 Å². The molecule has 3 N–H and O–H groups in total. The number of ether oxygens (including phenoxy) is 1. The average molecular weight is 338 g/mol. The van der Waals surface area contributed by atoms with E-state index < -0.39 is 0 Å². The Hall–Kier alpha value is -3.07. The van der Waals surface area contributed by atoms with Gasteiger partial charge in [-0.05, 0) is 18.2 Å². The second kappa shape index (κ2) is 6.44. The fraction of sp³-hybridized carbons (Fsp3) is 0.312.